The van der Waals surface area contributed by atoms with E-state index in [1.54, 1.807) is 7.11 Å². The van der Waals surface area contributed by atoms with Gasteiger partial charge in [-0.2, -0.15) is 0 Å². The highest BCUT2D eigenvalue weighted by atomic mass is 16.5. The molecule has 14 heavy (non-hydrogen) atoms. The predicted octanol–water partition coefficient (Wildman–Crippen LogP) is 2.05. The molecule has 0 aliphatic carbocycles. The third kappa shape index (κ3) is 1.46. The minimum Gasteiger partial charge on any atom is -0.496 e. The van der Waals surface area contributed by atoms with Crippen molar-refractivity contribution < 1.29 is 9.15 Å². The molecule has 0 aliphatic rings. The summed E-state index contributed by atoms with van der Waals surface area (Å²) < 4.78 is 10.3. The first-order valence-electron chi connectivity index (χ1n) is 4.22. The number of hydrogen-bond acceptors (Lipinski definition) is 4. The lowest BCUT2D eigenvalue weighted by molar-refractivity contribution is 0.414. The maximum Gasteiger partial charge on any atom is 0.251 e. The van der Waals surface area contributed by atoms with E-state index in [1.165, 1.54) is 6.39 Å². The Hall–Kier alpha value is -1.84. The van der Waals surface area contributed by atoms with E-state index in [1.807, 2.05) is 25.1 Å². The summed E-state index contributed by atoms with van der Waals surface area (Å²) >= 11 is 0. The molecular weight excluding hydrogens is 180 g/mol. The number of aromatic nitrogens is 2. The van der Waals surface area contributed by atoms with Crippen molar-refractivity contribution in [2.45, 2.75) is 6.92 Å². The normalized spacial score (nSPS) is 10.1. The van der Waals surface area contributed by atoms with Crippen LogP contribution >= 0.6 is 0 Å². The number of rotatable bonds is 2. The van der Waals surface area contributed by atoms with Gasteiger partial charge in [0.1, 0.15) is 5.75 Å². The van der Waals surface area contributed by atoms with Crippen molar-refractivity contribution in [3.63, 3.8) is 0 Å². The predicted molar refractivity (Wildman–Crippen MR) is 51.0 cm³/mol. The summed E-state index contributed by atoms with van der Waals surface area (Å²) in [4.78, 5) is 0. The number of ether oxygens (including phenoxy) is 1. The Morgan fingerprint density at radius 2 is 2.21 bits per heavy atom. The van der Waals surface area contributed by atoms with Gasteiger partial charge in [-0.1, -0.05) is 6.07 Å². The zero-order valence-corrected chi connectivity index (χ0v) is 8.02. The zero-order chi connectivity index (χ0) is 9.97. The van der Waals surface area contributed by atoms with E-state index in [4.69, 9.17) is 9.15 Å². The minimum atomic E-state index is 0.474. The third-order valence-corrected chi connectivity index (χ3v) is 1.95. The lowest BCUT2D eigenvalue weighted by Crippen LogP contribution is -1.89. The molecule has 0 spiro atoms. The van der Waals surface area contributed by atoms with Crippen molar-refractivity contribution in [1.29, 1.82) is 0 Å². The lowest BCUT2D eigenvalue weighted by atomic mass is 10.1. The summed E-state index contributed by atoms with van der Waals surface area (Å²) in [6.45, 7) is 2.00. The monoisotopic (exact) mass is 190 g/mol. The molecule has 0 saturated heterocycles. The molecule has 0 saturated carbocycles. The van der Waals surface area contributed by atoms with Crippen LogP contribution in [0.15, 0.2) is 29.0 Å². The second kappa shape index (κ2) is 3.49. The molecule has 0 amide bonds. The molecule has 2 rings (SSSR count). The molecule has 0 fully saturated rings. The Morgan fingerprint density at radius 1 is 1.36 bits per heavy atom. The molecule has 0 unspecified atom stereocenters. The number of aryl methyl sites for hydroxylation is 1. The summed E-state index contributed by atoms with van der Waals surface area (Å²) in [5.74, 6) is 1.22. The molecule has 1 heterocycles. The Labute approximate surface area is 81.5 Å². The van der Waals surface area contributed by atoms with Crippen molar-refractivity contribution in [3.8, 4) is 17.2 Å². The Balaban J connectivity index is 2.53. The van der Waals surface area contributed by atoms with Crippen LogP contribution in [0.25, 0.3) is 11.5 Å². The zero-order valence-electron chi connectivity index (χ0n) is 8.02. The largest absolute Gasteiger partial charge is 0.496 e. The summed E-state index contributed by atoms with van der Waals surface area (Å²) in [5, 5.41) is 7.45. The van der Waals surface area contributed by atoms with E-state index in [-0.39, 0.29) is 0 Å². The van der Waals surface area contributed by atoms with Gasteiger partial charge < -0.3 is 9.15 Å². The maximum absolute atomic E-state index is 5.22. The van der Waals surface area contributed by atoms with Crippen LogP contribution in [0.3, 0.4) is 0 Å². The molecule has 4 heteroatoms. The number of nitrogens with zero attached hydrogens (tertiary/aromatic N) is 2. The first kappa shape index (κ1) is 8.74. The maximum atomic E-state index is 5.22. The molecule has 0 aliphatic heterocycles. The smallest absolute Gasteiger partial charge is 0.251 e. The molecule has 2 aromatic rings. The topological polar surface area (TPSA) is 48.2 Å². The van der Waals surface area contributed by atoms with E-state index < -0.39 is 0 Å². The Morgan fingerprint density at radius 3 is 2.86 bits per heavy atom. The third-order valence-electron chi connectivity index (χ3n) is 1.95. The quantitative estimate of drug-likeness (QED) is 0.727. The van der Waals surface area contributed by atoms with E-state index in [0.29, 0.717) is 5.89 Å². The van der Waals surface area contributed by atoms with E-state index in [0.717, 1.165) is 16.9 Å². The highest BCUT2D eigenvalue weighted by Crippen LogP contribution is 2.28. The van der Waals surface area contributed by atoms with Crippen molar-refractivity contribution in [1.82, 2.24) is 10.2 Å². The second-order valence-electron chi connectivity index (χ2n) is 2.95. The Kier molecular flexibility index (Phi) is 2.18. The highest BCUT2D eigenvalue weighted by Gasteiger charge is 2.09. The Bertz CT molecular complexity index is 424. The van der Waals surface area contributed by atoms with Crippen molar-refractivity contribution in [2.75, 3.05) is 7.11 Å². The van der Waals surface area contributed by atoms with Crippen LogP contribution in [0.5, 0.6) is 5.75 Å². The van der Waals surface area contributed by atoms with Gasteiger partial charge in [0.2, 0.25) is 6.39 Å². The summed E-state index contributed by atoms with van der Waals surface area (Å²) in [5.41, 5.74) is 1.95. The van der Waals surface area contributed by atoms with Crippen LogP contribution in [0.2, 0.25) is 0 Å². The van der Waals surface area contributed by atoms with E-state index in [2.05, 4.69) is 10.2 Å². The molecule has 1 aromatic carbocycles. The van der Waals surface area contributed by atoms with Crippen LogP contribution in [0.4, 0.5) is 0 Å². The second-order valence-corrected chi connectivity index (χ2v) is 2.95. The lowest BCUT2D eigenvalue weighted by Gasteiger charge is -2.05. The van der Waals surface area contributed by atoms with Gasteiger partial charge in [0.25, 0.3) is 5.89 Å². The minimum absolute atomic E-state index is 0.474. The highest BCUT2D eigenvalue weighted by molar-refractivity contribution is 5.63. The molecule has 0 radical (unpaired) electrons. The van der Waals surface area contributed by atoms with Gasteiger partial charge in [0, 0.05) is 0 Å². The standard InChI is InChI=1S/C10H10N2O2/c1-7-3-4-8(9(5-7)13-2)10-12-11-6-14-10/h3-6H,1-2H3. The van der Waals surface area contributed by atoms with Gasteiger partial charge in [-0.05, 0) is 24.6 Å². The first-order valence-corrected chi connectivity index (χ1v) is 4.22. The first-order chi connectivity index (χ1) is 6.81. The fourth-order valence-electron chi connectivity index (χ4n) is 1.27. The van der Waals surface area contributed by atoms with Crippen LogP contribution in [0.1, 0.15) is 5.56 Å². The van der Waals surface area contributed by atoms with E-state index in [9.17, 15) is 0 Å². The average molecular weight is 190 g/mol. The van der Waals surface area contributed by atoms with Crippen LogP contribution in [-0.4, -0.2) is 17.3 Å². The van der Waals surface area contributed by atoms with Gasteiger partial charge >= 0.3 is 0 Å². The summed E-state index contributed by atoms with van der Waals surface area (Å²) in [6.07, 6.45) is 1.30. The van der Waals surface area contributed by atoms with Gasteiger partial charge in [0.15, 0.2) is 0 Å². The molecule has 4 nitrogen and oxygen atoms in total. The number of benzene rings is 1. The van der Waals surface area contributed by atoms with Crippen molar-refractivity contribution >= 4 is 0 Å². The van der Waals surface area contributed by atoms with Gasteiger partial charge in [-0.15, -0.1) is 10.2 Å². The molecule has 1 aromatic heterocycles. The van der Waals surface area contributed by atoms with Crippen LogP contribution in [0, 0.1) is 6.92 Å². The van der Waals surface area contributed by atoms with Crippen LogP contribution in [-0.2, 0) is 0 Å². The molecule has 0 N–H and O–H groups in total. The summed E-state index contributed by atoms with van der Waals surface area (Å²) in [6, 6.07) is 5.81. The molecule has 0 bridgehead atoms. The molecular formula is C10H10N2O2. The molecule has 72 valence electrons. The van der Waals surface area contributed by atoms with Crippen molar-refractivity contribution in [2.24, 2.45) is 0 Å². The van der Waals surface area contributed by atoms with Crippen LogP contribution < -0.4 is 4.74 Å². The fourth-order valence-corrected chi connectivity index (χ4v) is 1.27. The van der Waals surface area contributed by atoms with Gasteiger partial charge in [-0.3, -0.25) is 0 Å². The SMILES string of the molecule is COc1cc(C)ccc1-c1nnco1. The number of methoxy groups -OCH3 is 1. The summed E-state index contributed by atoms with van der Waals surface area (Å²) in [7, 11) is 1.62. The van der Waals surface area contributed by atoms with Crippen molar-refractivity contribution in [3.05, 3.63) is 30.2 Å². The van der Waals surface area contributed by atoms with Gasteiger partial charge in [-0.25, -0.2) is 0 Å². The molecule has 0 atom stereocenters. The van der Waals surface area contributed by atoms with Gasteiger partial charge in [0.05, 0.1) is 12.7 Å². The number of hydrogen-bond donors (Lipinski definition) is 0. The van der Waals surface area contributed by atoms with E-state index >= 15 is 0 Å². The fraction of sp³-hybridized carbons (Fsp3) is 0.200. The average Bonchev–Trinajstić information content (AvgIpc) is 2.70.